The van der Waals surface area contributed by atoms with Crippen molar-refractivity contribution >= 4 is 27.5 Å². The van der Waals surface area contributed by atoms with Crippen molar-refractivity contribution in [3.05, 3.63) is 47.1 Å². The van der Waals surface area contributed by atoms with Crippen LogP contribution in [0, 0.1) is 0 Å². The Kier molecular flexibility index (Phi) is 4.31. The Morgan fingerprint density at radius 3 is 3.05 bits per heavy atom. The van der Waals surface area contributed by atoms with Crippen molar-refractivity contribution in [1.82, 2.24) is 25.1 Å². The molecular formula is C13H11BrClN5O. The van der Waals surface area contributed by atoms with Gasteiger partial charge in [0.2, 0.25) is 11.7 Å². The van der Waals surface area contributed by atoms with Crippen molar-refractivity contribution in [1.29, 1.82) is 0 Å². The van der Waals surface area contributed by atoms with Crippen LogP contribution in [0.3, 0.4) is 0 Å². The number of nitrogens with zero attached hydrogens (tertiary/aromatic N) is 5. The highest BCUT2D eigenvalue weighted by molar-refractivity contribution is 9.09. The molecule has 3 rings (SSSR count). The number of hydrogen-bond donors (Lipinski definition) is 0. The summed E-state index contributed by atoms with van der Waals surface area (Å²) >= 11 is 9.32. The van der Waals surface area contributed by atoms with E-state index >= 15 is 0 Å². The molecule has 0 saturated heterocycles. The highest BCUT2D eigenvalue weighted by atomic mass is 79.9. The number of aryl methyl sites for hydroxylation is 1. The zero-order chi connectivity index (χ0) is 14.7. The molecule has 108 valence electrons. The number of alkyl halides is 1. The van der Waals surface area contributed by atoms with Crippen LogP contribution in [0.4, 0.5) is 0 Å². The summed E-state index contributed by atoms with van der Waals surface area (Å²) in [4.78, 5) is 4.34. The molecule has 6 nitrogen and oxygen atoms in total. The maximum atomic E-state index is 5.95. The normalized spacial score (nSPS) is 11.0. The van der Waals surface area contributed by atoms with E-state index in [1.165, 1.54) is 0 Å². The largest absolute Gasteiger partial charge is 0.337 e. The van der Waals surface area contributed by atoms with E-state index in [1.54, 1.807) is 16.8 Å². The van der Waals surface area contributed by atoms with Crippen molar-refractivity contribution in [2.45, 2.75) is 13.0 Å². The smallest absolute Gasteiger partial charge is 0.248 e. The van der Waals surface area contributed by atoms with E-state index in [2.05, 4.69) is 36.4 Å². The third-order valence-corrected chi connectivity index (χ3v) is 3.42. The third kappa shape index (κ3) is 3.48. The van der Waals surface area contributed by atoms with Gasteiger partial charge >= 0.3 is 0 Å². The summed E-state index contributed by atoms with van der Waals surface area (Å²) in [5.74, 6) is 0.980. The van der Waals surface area contributed by atoms with Crippen molar-refractivity contribution in [2.75, 3.05) is 5.33 Å². The molecule has 0 spiro atoms. The van der Waals surface area contributed by atoms with Gasteiger partial charge < -0.3 is 4.52 Å². The van der Waals surface area contributed by atoms with E-state index in [0.717, 1.165) is 23.0 Å². The molecule has 2 heterocycles. The van der Waals surface area contributed by atoms with E-state index in [4.69, 9.17) is 16.1 Å². The second-order valence-electron chi connectivity index (χ2n) is 4.37. The lowest BCUT2D eigenvalue weighted by atomic mass is 10.2. The first-order valence-corrected chi connectivity index (χ1v) is 7.78. The summed E-state index contributed by atoms with van der Waals surface area (Å²) in [5.41, 5.74) is 1.73. The summed E-state index contributed by atoms with van der Waals surface area (Å²) in [5, 5.41) is 13.5. The maximum absolute atomic E-state index is 5.95. The topological polar surface area (TPSA) is 69.6 Å². The molecule has 0 aliphatic heterocycles. The zero-order valence-corrected chi connectivity index (χ0v) is 13.3. The minimum absolute atomic E-state index is 0.392. The van der Waals surface area contributed by atoms with Crippen LogP contribution in [0.15, 0.2) is 35.0 Å². The van der Waals surface area contributed by atoms with Crippen LogP contribution in [-0.4, -0.2) is 30.5 Å². The van der Waals surface area contributed by atoms with Crippen LogP contribution in [0.1, 0.15) is 11.6 Å². The fourth-order valence-electron chi connectivity index (χ4n) is 1.83. The first kappa shape index (κ1) is 14.2. The fourth-order valence-corrected chi connectivity index (χ4v) is 2.43. The molecule has 0 amide bonds. The Morgan fingerprint density at radius 1 is 1.33 bits per heavy atom. The predicted molar refractivity (Wildman–Crippen MR) is 81.4 cm³/mol. The molecule has 0 atom stereocenters. The Hall–Kier alpha value is -1.73. The highest BCUT2D eigenvalue weighted by Gasteiger charge is 2.10. The molecule has 1 aromatic carbocycles. The summed E-state index contributed by atoms with van der Waals surface area (Å²) in [6.07, 6.45) is 2.70. The molecule has 21 heavy (non-hydrogen) atoms. The van der Waals surface area contributed by atoms with Gasteiger partial charge in [0.25, 0.3) is 0 Å². The molecule has 0 saturated carbocycles. The van der Waals surface area contributed by atoms with E-state index in [1.807, 2.05) is 18.3 Å². The molecule has 0 radical (unpaired) electrons. The van der Waals surface area contributed by atoms with E-state index in [-0.39, 0.29) is 0 Å². The molecule has 0 N–H and O–H groups in total. The lowest BCUT2D eigenvalue weighted by Gasteiger charge is -1.94. The number of benzene rings is 1. The van der Waals surface area contributed by atoms with Gasteiger partial charge in [-0.05, 0) is 12.1 Å². The Morgan fingerprint density at radius 2 is 2.24 bits per heavy atom. The molecule has 2 aromatic heterocycles. The lowest BCUT2D eigenvalue weighted by Crippen LogP contribution is -2.00. The summed E-state index contributed by atoms with van der Waals surface area (Å²) < 4.78 is 6.90. The Labute approximate surface area is 134 Å². The van der Waals surface area contributed by atoms with E-state index in [0.29, 0.717) is 23.3 Å². The second-order valence-corrected chi connectivity index (χ2v) is 5.60. The minimum atomic E-state index is 0.392. The van der Waals surface area contributed by atoms with Gasteiger partial charge in [-0.3, -0.25) is 0 Å². The van der Waals surface area contributed by atoms with Gasteiger partial charge in [0.05, 0.1) is 5.69 Å². The molecule has 0 fully saturated rings. The number of rotatable bonds is 5. The maximum Gasteiger partial charge on any atom is 0.248 e. The van der Waals surface area contributed by atoms with Crippen molar-refractivity contribution in [3.63, 3.8) is 0 Å². The summed E-state index contributed by atoms with van der Waals surface area (Å²) in [7, 11) is 0. The summed E-state index contributed by atoms with van der Waals surface area (Å²) in [6.45, 7) is 0.392. The first-order chi connectivity index (χ1) is 10.2. The molecular weight excluding hydrogens is 358 g/mol. The van der Waals surface area contributed by atoms with Gasteiger partial charge in [-0.2, -0.15) is 4.98 Å². The third-order valence-electron chi connectivity index (χ3n) is 2.78. The van der Waals surface area contributed by atoms with Gasteiger partial charge in [-0.1, -0.05) is 50.0 Å². The fraction of sp³-hybridized carbons (Fsp3) is 0.231. The number of hydrogen-bond acceptors (Lipinski definition) is 5. The molecule has 0 aliphatic rings. The second kappa shape index (κ2) is 6.36. The Bertz CT molecular complexity index is 742. The van der Waals surface area contributed by atoms with Crippen LogP contribution < -0.4 is 0 Å². The van der Waals surface area contributed by atoms with Crippen molar-refractivity contribution in [2.24, 2.45) is 0 Å². The number of aromatic nitrogens is 5. The highest BCUT2D eigenvalue weighted by Crippen LogP contribution is 2.20. The predicted octanol–water partition coefficient (Wildman–Crippen LogP) is 2.97. The van der Waals surface area contributed by atoms with Crippen molar-refractivity contribution < 1.29 is 4.52 Å². The standard InChI is InChI=1S/C13H11BrClN5O/c14-5-4-11-7-20(19-17-11)8-12-16-13(18-21-12)9-2-1-3-10(15)6-9/h1-3,6-7H,4-5,8H2. The van der Waals surface area contributed by atoms with Crippen LogP contribution in [0.5, 0.6) is 0 Å². The van der Waals surface area contributed by atoms with E-state index in [9.17, 15) is 0 Å². The van der Waals surface area contributed by atoms with Gasteiger partial charge in [-0.25, -0.2) is 4.68 Å². The SMILES string of the molecule is Clc1cccc(-c2noc(Cn3cc(CCBr)nn3)n2)c1. The molecule has 0 bridgehead atoms. The molecule has 3 aromatic rings. The van der Waals surface area contributed by atoms with Gasteiger partial charge in [0.1, 0.15) is 6.54 Å². The average molecular weight is 369 g/mol. The molecule has 8 heteroatoms. The monoisotopic (exact) mass is 367 g/mol. The first-order valence-electron chi connectivity index (χ1n) is 6.28. The van der Waals surface area contributed by atoms with Gasteiger partial charge in [0, 0.05) is 28.5 Å². The van der Waals surface area contributed by atoms with Crippen LogP contribution in [0.2, 0.25) is 5.02 Å². The minimum Gasteiger partial charge on any atom is -0.337 e. The van der Waals surface area contributed by atoms with Crippen LogP contribution >= 0.6 is 27.5 Å². The van der Waals surface area contributed by atoms with Gasteiger partial charge in [0.15, 0.2) is 0 Å². The molecule has 0 aliphatic carbocycles. The number of halogens is 2. The van der Waals surface area contributed by atoms with Gasteiger partial charge in [-0.15, -0.1) is 5.10 Å². The van der Waals surface area contributed by atoms with Crippen LogP contribution in [-0.2, 0) is 13.0 Å². The summed E-state index contributed by atoms with van der Waals surface area (Å²) in [6, 6.07) is 7.31. The molecule has 0 unspecified atom stereocenters. The van der Waals surface area contributed by atoms with Crippen molar-refractivity contribution in [3.8, 4) is 11.4 Å². The Balaban J connectivity index is 1.75. The zero-order valence-electron chi connectivity index (χ0n) is 10.9. The lowest BCUT2D eigenvalue weighted by molar-refractivity contribution is 0.364. The quantitative estimate of drug-likeness (QED) is 0.648. The van der Waals surface area contributed by atoms with E-state index < -0.39 is 0 Å². The average Bonchev–Trinajstić information content (AvgIpc) is 3.10. The van der Waals surface area contributed by atoms with Crippen LogP contribution in [0.25, 0.3) is 11.4 Å².